The largest absolute Gasteiger partial charge is 0.350 e. The first kappa shape index (κ1) is 16.9. The van der Waals surface area contributed by atoms with Gasteiger partial charge in [-0.25, -0.2) is 13.5 Å². The van der Waals surface area contributed by atoms with Crippen LogP contribution in [0.15, 0.2) is 59.7 Å². The van der Waals surface area contributed by atoms with Crippen molar-refractivity contribution in [2.75, 3.05) is 0 Å². The Hall–Kier alpha value is -3.55. The van der Waals surface area contributed by atoms with Crippen LogP contribution < -0.4 is 10.9 Å². The molecule has 8 heteroatoms. The molecule has 0 bridgehead atoms. The zero-order valence-electron chi connectivity index (χ0n) is 14.0. The lowest BCUT2D eigenvalue weighted by atomic mass is 10.2. The molecule has 0 unspecified atom stereocenters. The van der Waals surface area contributed by atoms with E-state index in [2.05, 4.69) is 10.4 Å². The van der Waals surface area contributed by atoms with Crippen molar-refractivity contribution < 1.29 is 13.6 Å². The fraction of sp³-hybridized carbons (Fsp3) is 0.105. The van der Waals surface area contributed by atoms with Gasteiger partial charge < -0.3 is 5.32 Å². The Morgan fingerprint density at radius 3 is 2.52 bits per heavy atom. The minimum absolute atomic E-state index is 0.213. The maximum absolute atomic E-state index is 13.4. The molecule has 0 aliphatic carbocycles. The van der Waals surface area contributed by atoms with Crippen LogP contribution in [-0.2, 0) is 17.9 Å². The van der Waals surface area contributed by atoms with E-state index in [0.717, 1.165) is 10.2 Å². The van der Waals surface area contributed by atoms with E-state index in [9.17, 15) is 18.4 Å². The number of hydrogen-bond donors (Lipinski definition) is 1. The van der Waals surface area contributed by atoms with Crippen molar-refractivity contribution in [1.29, 1.82) is 0 Å². The van der Waals surface area contributed by atoms with Crippen molar-refractivity contribution in [3.63, 3.8) is 0 Å². The van der Waals surface area contributed by atoms with E-state index in [-0.39, 0.29) is 18.9 Å². The Labute approximate surface area is 151 Å². The first-order valence-corrected chi connectivity index (χ1v) is 8.19. The van der Waals surface area contributed by atoms with Gasteiger partial charge in [-0.3, -0.25) is 14.0 Å². The third-order valence-corrected chi connectivity index (χ3v) is 4.26. The molecule has 2 aromatic heterocycles. The molecule has 6 nitrogen and oxygen atoms in total. The second-order valence-electron chi connectivity index (χ2n) is 6.10. The number of carbonyl (C=O) groups excluding carboxylic acids is 1. The second kappa shape index (κ2) is 6.64. The van der Waals surface area contributed by atoms with Gasteiger partial charge in [0.2, 0.25) is 5.91 Å². The number of amides is 1. The van der Waals surface area contributed by atoms with Crippen molar-refractivity contribution in [3.8, 4) is 0 Å². The molecular weight excluding hydrogens is 354 g/mol. The summed E-state index contributed by atoms with van der Waals surface area (Å²) >= 11 is 0. The molecule has 4 aromatic rings. The van der Waals surface area contributed by atoms with Crippen molar-refractivity contribution >= 4 is 22.3 Å². The average molecular weight is 368 g/mol. The van der Waals surface area contributed by atoms with Crippen LogP contribution in [0.25, 0.3) is 16.4 Å². The molecule has 1 amide bonds. The molecule has 2 heterocycles. The van der Waals surface area contributed by atoms with Gasteiger partial charge >= 0.3 is 0 Å². The zero-order valence-corrected chi connectivity index (χ0v) is 14.0. The van der Waals surface area contributed by atoms with E-state index in [1.807, 2.05) is 0 Å². The minimum atomic E-state index is -0.453. The van der Waals surface area contributed by atoms with E-state index in [1.165, 1.54) is 30.6 Å². The lowest BCUT2D eigenvalue weighted by Gasteiger charge is -2.07. The summed E-state index contributed by atoms with van der Waals surface area (Å²) in [4.78, 5) is 24.7. The number of benzene rings is 2. The van der Waals surface area contributed by atoms with E-state index < -0.39 is 17.3 Å². The molecule has 136 valence electrons. The number of rotatable bonds is 4. The van der Waals surface area contributed by atoms with E-state index in [4.69, 9.17) is 0 Å². The summed E-state index contributed by atoms with van der Waals surface area (Å²) in [5, 5.41) is 7.26. The predicted molar refractivity (Wildman–Crippen MR) is 95.2 cm³/mol. The third-order valence-electron chi connectivity index (χ3n) is 4.26. The van der Waals surface area contributed by atoms with Crippen molar-refractivity contribution in [2.45, 2.75) is 13.1 Å². The maximum atomic E-state index is 13.4. The molecule has 2 aromatic carbocycles. The molecule has 0 radical (unpaired) electrons. The molecule has 0 atom stereocenters. The number of nitrogens with one attached hydrogen (secondary N) is 1. The molecule has 4 rings (SSSR count). The molecule has 0 saturated carbocycles. The number of halogens is 2. The molecule has 0 aliphatic rings. The summed E-state index contributed by atoms with van der Waals surface area (Å²) in [7, 11) is 0. The van der Waals surface area contributed by atoms with Crippen LogP contribution in [0.1, 0.15) is 5.56 Å². The summed E-state index contributed by atoms with van der Waals surface area (Å²) in [6.45, 7) is -0.0448. The Morgan fingerprint density at radius 2 is 1.74 bits per heavy atom. The van der Waals surface area contributed by atoms with Crippen molar-refractivity contribution in [2.24, 2.45) is 0 Å². The minimum Gasteiger partial charge on any atom is -0.350 e. The van der Waals surface area contributed by atoms with Gasteiger partial charge in [-0.05, 0) is 42.0 Å². The summed E-state index contributed by atoms with van der Waals surface area (Å²) < 4.78 is 28.9. The van der Waals surface area contributed by atoms with Gasteiger partial charge in [-0.1, -0.05) is 12.1 Å². The van der Waals surface area contributed by atoms with Crippen molar-refractivity contribution in [1.82, 2.24) is 19.5 Å². The smallest absolute Gasteiger partial charge is 0.291 e. The van der Waals surface area contributed by atoms with Gasteiger partial charge in [0.1, 0.15) is 30.0 Å². The molecule has 0 fully saturated rings. The number of hydrogen-bond acceptors (Lipinski definition) is 3. The number of nitrogens with zero attached hydrogens (tertiary/aromatic N) is 3. The van der Waals surface area contributed by atoms with Gasteiger partial charge in [0, 0.05) is 11.9 Å². The molecule has 0 spiro atoms. The fourth-order valence-electron chi connectivity index (χ4n) is 2.90. The van der Waals surface area contributed by atoms with Gasteiger partial charge in [-0.15, -0.1) is 0 Å². The number of fused-ring (bicyclic) bond motifs is 3. The molecule has 27 heavy (non-hydrogen) atoms. The monoisotopic (exact) mass is 368 g/mol. The lowest BCUT2D eigenvalue weighted by molar-refractivity contribution is -0.122. The molecule has 0 aliphatic heterocycles. The Morgan fingerprint density at radius 1 is 1.00 bits per heavy atom. The van der Waals surface area contributed by atoms with Crippen LogP contribution in [0.5, 0.6) is 0 Å². The van der Waals surface area contributed by atoms with Crippen LogP contribution in [0.3, 0.4) is 0 Å². The van der Waals surface area contributed by atoms with Crippen LogP contribution >= 0.6 is 0 Å². The van der Waals surface area contributed by atoms with Gasteiger partial charge in [0.25, 0.3) is 5.56 Å². The summed E-state index contributed by atoms with van der Waals surface area (Å²) in [6.07, 6.45) is 1.42. The Bertz CT molecular complexity index is 1210. The zero-order chi connectivity index (χ0) is 19.0. The second-order valence-corrected chi connectivity index (χ2v) is 6.10. The van der Waals surface area contributed by atoms with Crippen LogP contribution in [0, 0.1) is 11.6 Å². The predicted octanol–water partition coefficient (Wildman–Crippen LogP) is 2.24. The van der Waals surface area contributed by atoms with Gasteiger partial charge in [0.15, 0.2) is 0 Å². The Kier molecular flexibility index (Phi) is 4.15. The SMILES string of the molecule is O=C(Cn1ncn2c(cc3cc(F)ccc32)c1=O)NCc1ccc(F)cc1. The third kappa shape index (κ3) is 3.29. The highest BCUT2D eigenvalue weighted by Gasteiger charge is 2.12. The normalized spacial score (nSPS) is 11.2. The number of carbonyl (C=O) groups is 1. The molecular formula is C19H14F2N4O2. The van der Waals surface area contributed by atoms with Crippen LogP contribution in [0.2, 0.25) is 0 Å². The first-order chi connectivity index (χ1) is 13.0. The quantitative estimate of drug-likeness (QED) is 0.601. The fourth-order valence-corrected chi connectivity index (χ4v) is 2.90. The van der Waals surface area contributed by atoms with Crippen LogP contribution in [-0.4, -0.2) is 20.1 Å². The maximum Gasteiger partial charge on any atom is 0.291 e. The molecule has 1 N–H and O–H groups in total. The van der Waals surface area contributed by atoms with E-state index in [1.54, 1.807) is 28.7 Å². The van der Waals surface area contributed by atoms with Crippen LogP contribution in [0.4, 0.5) is 8.78 Å². The highest BCUT2D eigenvalue weighted by molar-refractivity contribution is 5.86. The summed E-state index contributed by atoms with van der Waals surface area (Å²) in [5.41, 5.74) is 1.24. The average Bonchev–Trinajstić information content (AvgIpc) is 3.02. The highest BCUT2D eigenvalue weighted by atomic mass is 19.1. The topological polar surface area (TPSA) is 68.4 Å². The standard InChI is InChI=1S/C19H14F2N4O2/c20-14-3-1-12(2-4-14)9-22-18(26)10-25-19(27)17-8-13-7-15(21)5-6-16(13)24(17)11-23-25/h1-8,11H,9-10H2,(H,22,26). The van der Waals surface area contributed by atoms with Gasteiger partial charge in [-0.2, -0.15) is 5.10 Å². The summed E-state index contributed by atoms with van der Waals surface area (Å²) in [6, 6.07) is 11.5. The number of aromatic nitrogens is 3. The van der Waals surface area contributed by atoms with Crippen molar-refractivity contribution in [3.05, 3.63) is 82.4 Å². The van der Waals surface area contributed by atoms with Gasteiger partial charge in [0.05, 0.1) is 5.52 Å². The highest BCUT2D eigenvalue weighted by Crippen LogP contribution is 2.18. The molecule has 0 saturated heterocycles. The Balaban J connectivity index is 1.55. The first-order valence-electron chi connectivity index (χ1n) is 8.19. The lowest BCUT2D eigenvalue weighted by Crippen LogP contribution is -2.33. The summed E-state index contributed by atoms with van der Waals surface area (Å²) in [5.74, 6) is -1.15. The van der Waals surface area contributed by atoms with E-state index in [0.29, 0.717) is 16.4 Å². The van der Waals surface area contributed by atoms with E-state index >= 15 is 0 Å².